The Morgan fingerprint density at radius 3 is 2.26 bits per heavy atom. The van der Waals surface area contributed by atoms with Gasteiger partial charge in [-0.1, -0.05) is 20.3 Å². The van der Waals surface area contributed by atoms with E-state index < -0.39 is 11.4 Å². The van der Waals surface area contributed by atoms with Crippen molar-refractivity contribution in [1.82, 2.24) is 5.32 Å². The van der Waals surface area contributed by atoms with Crippen molar-refractivity contribution in [2.24, 2.45) is 17.4 Å². The molecule has 1 rings (SSSR count). The van der Waals surface area contributed by atoms with Crippen molar-refractivity contribution in [2.75, 3.05) is 0 Å². The summed E-state index contributed by atoms with van der Waals surface area (Å²) in [4.78, 5) is 23.8. The van der Waals surface area contributed by atoms with Gasteiger partial charge in [0.25, 0.3) is 0 Å². The molecule has 1 fully saturated rings. The summed E-state index contributed by atoms with van der Waals surface area (Å²) in [5.41, 5.74) is 10.4. The maximum absolute atomic E-state index is 12.2. The number of nitrogens with one attached hydrogen (secondary N) is 1. The third-order valence-corrected chi connectivity index (χ3v) is 4.13. The summed E-state index contributed by atoms with van der Waals surface area (Å²) < 4.78 is 0. The van der Waals surface area contributed by atoms with Gasteiger partial charge in [0.15, 0.2) is 0 Å². The smallest absolute Gasteiger partial charge is 0.243 e. The largest absolute Gasteiger partial charge is 0.368 e. The molecule has 0 heterocycles. The Hall–Kier alpha value is -0.810. The van der Waals surface area contributed by atoms with Crippen LogP contribution in [0.1, 0.15) is 52.4 Å². The van der Waals surface area contributed by atoms with Crippen LogP contribution in [0.5, 0.6) is 0 Å². The van der Waals surface area contributed by atoms with Crippen molar-refractivity contribution in [3.8, 4) is 0 Å². The minimum absolute atomic E-state index is 0. The number of hydrogen-bond donors (Lipinski definition) is 3. The average molecular weight is 292 g/mol. The highest BCUT2D eigenvalue weighted by molar-refractivity contribution is 5.91. The van der Waals surface area contributed by atoms with Crippen molar-refractivity contribution in [1.29, 1.82) is 0 Å². The van der Waals surface area contributed by atoms with E-state index in [1.807, 2.05) is 13.8 Å². The molecule has 1 aliphatic carbocycles. The molecule has 2 atom stereocenters. The van der Waals surface area contributed by atoms with Crippen molar-refractivity contribution >= 4 is 24.2 Å². The van der Waals surface area contributed by atoms with Crippen LogP contribution >= 0.6 is 12.4 Å². The van der Waals surface area contributed by atoms with E-state index in [4.69, 9.17) is 11.5 Å². The minimum atomic E-state index is -0.904. The van der Waals surface area contributed by atoms with Gasteiger partial charge in [-0.3, -0.25) is 9.59 Å². The molecular formula is C13H26ClN3O2. The van der Waals surface area contributed by atoms with Crippen LogP contribution in [0.15, 0.2) is 0 Å². The zero-order valence-corrected chi connectivity index (χ0v) is 12.6. The normalized spacial score (nSPS) is 23.3. The molecule has 0 aromatic rings. The second-order valence-corrected chi connectivity index (χ2v) is 5.27. The molecule has 5 nitrogen and oxygen atoms in total. The van der Waals surface area contributed by atoms with Crippen LogP contribution in [-0.2, 0) is 9.59 Å². The van der Waals surface area contributed by atoms with Gasteiger partial charge >= 0.3 is 0 Å². The first kappa shape index (κ1) is 18.2. The van der Waals surface area contributed by atoms with Crippen LogP contribution in [-0.4, -0.2) is 23.4 Å². The van der Waals surface area contributed by atoms with E-state index in [1.54, 1.807) is 0 Å². The standard InChI is InChI=1S/C13H25N3O2.ClH/c1-3-13(4-2,12(15)18)16-11(17)9-6-5-7-10(14)8-9;/h9-10H,3-8,14H2,1-2H3,(H2,15,18)(H,16,17);1H. The number of primary amides is 1. The summed E-state index contributed by atoms with van der Waals surface area (Å²) in [7, 11) is 0. The fourth-order valence-electron chi connectivity index (χ4n) is 2.64. The lowest BCUT2D eigenvalue weighted by Gasteiger charge is -2.33. The van der Waals surface area contributed by atoms with Gasteiger partial charge in [-0.2, -0.15) is 0 Å². The van der Waals surface area contributed by atoms with Crippen LogP contribution in [0.25, 0.3) is 0 Å². The molecule has 6 heteroatoms. The molecule has 2 amide bonds. The number of nitrogens with two attached hydrogens (primary N) is 2. The highest BCUT2D eigenvalue weighted by atomic mass is 35.5. The van der Waals surface area contributed by atoms with E-state index in [1.165, 1.54) is 0 Å². The number of halogens is 1. The molecule has 1 aliphatic rings. The fourth-order valence-corrected chi connectivity index (χ4v) is 2.64. The van der Waals surface area contributed by atoms with Gasteiger partial charge < -0.3 is 16.8 Å². The zero-order chi connectivity index (χ0) is 13.8. The molecule has 112 valence electrons. The highest BCUT2D eigenvalue weighted by Crippen LogP contribution is 2.25. The third kappa shape index (κ3) is 4.35. The van der Waals surface area contributed by atoms with Crippen molar-refractivity contribution < 1.29 is 9.59 Å². The Kier molecular flexibility index (Phi) is 7.37. The van der Waals surface area contributed by atoms with Crippen LogP contribution in [0.2, 0.25) is 0 Å². The lowest BCUT2D eigenvalue weighted by atomic mass is 9.84. The van der Waals surface area contributed by atoms with Gasteiger partial charge in [0, 0.05) is 12.0 Å². The first-order valence-corrected chi connectivity index (χ1v) is 6.82. The van der Waals surface area contributed by atoms with E-state index in [0.717, 1.165) is 19.3 Å². The molecule has 5 N–H and O–H groups in total. The summed E-state index contributed by atoms with van der Waals surface area (Å²) in [6.07, 6.45) is 4.54. The van der Waals surface area contributed by atoms with Gasteiger partial charge in [0.1, 0.15) is 5.54 Å². The molecule has 0 aromatic heterocycles. The summed E-state index contributed by atoms with van der Waals surface area (Å²) in [5, 5.41) is 2.85. The molecule has 1 saturated carbocycles. The maximum atomic E-state index is 12.2. The van der Waals surface area contributed by atoms with Crippen LogP contribution < -0.4 is 16.8 Å². The molecule has 0 aliphatic heterocycles. The number of hydrogen-bond acceptors (Lipinski definition) is 3. The highest BCUT2D eigenvalue weighted by Gasteiger charge is 2.37. The maximum Gasteiger partial charge on any atom is 0.243 e. The van der Waals surface area contributed by atoms with Crippen LogP contribution in [0.4, 0.5) is 0 Å². The summed E-state index contributed by atoms with van der Waals surface area (Å²) in [6.45, 7) is 3.72. The minimum Gasteiger partial charge on any atom is -0.368 e. The molecular weight excluding hydrogens is 266 g/mol. The molecule has 0 bridgehead atoms. The van der Waals surface area contributed by atoms with E-state index in [-0.39, 0.29) is 30.3 Å². The molecule has 0 spiro atoms. The van der Waals surface area contributed by atoms with Gasteiger partial charge in [-0.05, 0) is 32.1 Å². The SMILES string of the molecule is CCC(CC)(NC(=O)C1CCCC(N)C1)C(N)=O.Cl. The Bertz CT molecular complexity index is 319. The molecule has 0 aromatic carbocycles. The van der Waals surface area contributed by atoms with Crippen molar-refractivity contribution in [3.05, 3.63) is 0 Å². The molecule has 19 heavy (non-hydrogen) atoms. The quantitative estimate of drug-likeness (QED) is 0.707. The first-order valence-electron chi connectivity index (χ1n) is 6.82. The van der Waals surface area contributed by atoms with Gasteiger partial charge in [-0.15, -0.1) is 12.4 Å². The van der Waals surface area contributed by atoms with Gasteiger partial charge in [-0.25, -0.2) is 0 Å². The van der Waals surface area contributed by atoms with E-state index in [0.29, 0.717) is 19.3 Å². The predicted molar refractivity (Wildman–Crippen MR) is 77.8 cm³/mol. The van der Waals surface area contributed by atoms with Crippen LogP contribution in [0, 0.1) is 5.92 Å². The molecule has 0 saturated heterocycles. The fraction of sp³-hybridized carbons (Fsp3) is 0.846. The Morgan fingerprint density at radius 1 is 1.26 bits per heavy atom. The number of carbonyl (C=O) groups excluding carboxylic acids is 2. The second-order valence-electron chi connectivity index (χ2n) is 5.27. The first-order chi connectivity index (χ1) is 8.45. The van der Waals surface area contributed by atoms with Crippen LogP contribution in [0.3, 0.4) is 0 Å². The van der Waals surface area contributed by atoms with Gasteiger partial charge in [0.2, 0.25) is 11.8 Å². The predicted octanol–water partition coefficient (Wildman–Crippen LogP) is 1.09. The third-order valence-electron chi connectivity index (χ3n) is 4.13. The van der Waals surface area contributed by atoms with E-state index >= 15 is 0 Å². The lowest BCUT2D eigenvalue weighted by Crippen LogP contribution is -2.58. The topological polar surface area (TPSA) is 98.2 Å². The zero-order valence-electron chi connectivity index (χ0n) is 11.8. The summed E-state index contributed by atoms with van der Waals surface area (Å²) >= 11 is 0. The van der Waals surface area contributed by atoms with Gasteiger partial charge in [0.05, 0.1) is 0 Å². The molecule has 2 unspecified atom stereocenters. The molecule has 0 radical (unpaired) electrons. The number of amides is 2. The Morgan fingerprint density at radius 2 is 1.84 bits per heavy atom. The summed E-state index contributed by atoms with van der Waals surface area (Å²) in [6, 6.07) is 0.0979. The second kappa shape index (κ2) is 7.70. The van der Waals surface area contributed by atoms with E-state index in [2.05, 4.69) is 5.32 Å². The van der Waals surface area contributed by atoms with Crippen molar-refractivity contribution in [2.45, 2.75) is 64.0 Å². The number of rotatable bonds is 5. The van der Waals surface area contributed by atoms with Crippen molar-refractivity contribution in [3.63, 3.8) is 0 Å². The Labute approximate surface area is 121 Å². The monoisotopic (exact) mass is 291 g/mol. The average Bonchev–Trinajstić information content (AvgIpc) is 2.35. The lowest BCUT2D eigenvalue weighted by molar-refractivity contribution is -0.134. The Balaban J connectivity index is 0.00000324. The van der Waals surface area contributed by atoms with E-state index in [9.17, 15) is 9.59 Å². The number of carbonyl (C=O) groups is 2. The summed E-state index contributed by atoms with van der Waals surface area (Å²) in [5.74, 6) is -0.612.